The average molecular weight is 309 g/mol. The van der Waals surface area contributed by atoms with Crippen LogP contribution in [0.5, 0.6) is 0 Å². The van der Waals surface area contributed by atoms with Crippen LogP contribution in [-0.4, -0.2) is 11.5 Å². The molecule has 0 aliphatic rings. The van der Waals surface area contributed by atoms with Gasteiger partial charge in [-0.3, -0.25) is 10.1 Å². The maximum Gasteiger partial charge on any atom is 0.269 e. The van der Waals surface area contributed by atoms with Crippen LogP contribution in [0, 0.1) is 15.9 Å². The van der Waals surface area contributed by atoms with Gasteiger partial charge in [0.15, 0.2) is 0 Å². The Kier molecular flexibility index (Phi) is 5.25. The first-order valence-electron chi connectivity index (χ1n) is 6.44. The van der Waals surface area contributed by atoms with Crippen LogP contribution in [0.1, 0.15) is 11.1 Å². The third-order valence-electron chi connectivity index (χ3n) is 3.06. The van der Waals surface area contributed by atoms with E-state index in [1.54, 1.807) is 12.1 Å². The summed E-state index contributed by atoms with van der Waals surface area (Å²) in [7, 11) is 0. The molecule has 0 fully saturated rings. The van der Waals surface area contributed by atoms with Gasteiger partial charge < -0.3 is 5.32 Å². The predicted octanol–water partition coefficient (Wildman–Crippen LogP) is 3.72. The van der Waals surface area contributed by atoms with Gasteiger partial charge in [0.25, 0.3) is 5.69 Å². The highest BCUT2D eigenvalue weighted by Crippen LogP contribution is 2.21. The summed E-state index contributed by atoms with van der Waals surface area (Å²) in [5, 5.41) is 14.4. The lowest BCUT2D eigenvalue weighted by Gasteiger charge is -2.07. The lowest BCUT2D eigenvalue weighted by Crippen LogP contribution is -2.17. The van der Waals surface area contributed by atoms with Crippen molar-refractivity contribution in [3.63, 3.8) is 0 Å². The molecule has 0 atom stereocenters. The molecule has 0 aromatic heterocycles. The van der Waals surface area contributed by atoms with Crippen molar-refractivity contribution >= 4 is 17.3 Å². The molecule has 2 aromatic rings. The molecule has 0 amide bonds. The predicted molar refractivity (Wildman–Crippen MR) is 79.9 cm³/mol. The Bertz CT molecular complexity index is 632. The Morgan fingerprint density at radius 2 is 1.90 bits per heavy atom. The van der Waals surface area contributed by atoms with Crippen LogP contribution in [0.4, 0.5) is 10.1 Å². The Morgan fingerprint density at radius 3 is 2.57 bits per heavy atom. The van der Waals surface area contributed by atoms with Crippen molar-refractivity contribution in [1.29, 1.82) is 0 Å². The van der Waals surface area contributed by atoms with Crippen LogP contribution in [0.2, 0.25) is 5.02 Å². The molecule has 110 valence electrons. The first kappa shape index (κ1) is 15.4. The van der Waals surface area contributed by atoms with Crippen LogP contribution in [0.25, 0.3) is 0 Å². The largest absolute Gasteiger partial charge is 0.312 e. The minimum Gasteiger partial charge on any atom is -0.312 e. The fraction of sp³-hybridized carbons (Fsp3) is 0.200. The zero-order chi connectivity index (χ0) is 15.2. The Labute approximate surface area is 126 Å². The van der Waals surface area contributed by atoms with Gasteiger partial charge in [0, 0.05) is 23.7 Å². The van der Waals surface area contributed by atoms with Gasteiger partial charge in [-0.2, -0.15) is 0 Å². The molecule has 0 aliphatic carbocycles. The van der Waals surface area contributed by atoms with Crippen LogP contribution in [-0.2, 0) is 13.0 Å². The van der Waals surface area contributed by atoms with E-state index in [0.29, 0.717) is 23.7 Å². The zero-order valence-corrected chi connectivity index (χ0v) is 11.9. The molecular weight excluding hydrogens is 295 g/mol. The van der Waals surface area contributed by atoms with E-state index >= 15 is 0 Å². The van der Waals surface area contributed by atoms with Crippen molar-refractivity contribution in [3.8, 4) is 0 Å². The molecule has 0 saturated heterocycles. The average Bonchev–Trinajstić information content (AvgIpc) is 2.47. The monoisotopic (exact) mass is 308 g/mol. The van der Waals surface area contributed by atoms with Crippen LogP contribution in [0.15, 0.2) is 42.5 Å². The standard InChI is InChI=1S/C15H14ClFN2O2/c16-15-6-5-14(19(20)21)9-12(15)10-18-8-7-11-1-3-13(17)4-2-11/h1-6,9,18H,7-8,10H2. The fourth-order valence-electron chi connectivity index (χ4n) is 1.92. The molecular formula is C15H14ClFN2O2. The van der Waals surface area contributed by atoms with Crippen molar-refractivity contribution in [3.05, 3.63) is 74.5 Å². The summed E-state index contributed by atoms with van der Waals surface area (Å²) < 4.78 is 12.8. The molecule has 6 heteroatoms. The number of nitrogens with one attached hydrogen (secondary N) is 1. The van der Waals surface area contributed by atoms with Gasteiger partial charge in [-0.1, -0.05) is 23.7 Å². The summed E-state index contributed by atoms with van der Waals surface area (Å²) in [4.78, 5) is 10.3. The first-order chi connectivity index (χ1) is 10.1. The van der Waals surface area contributed by atoms with E-state index in [1.807, 2.05) is 0 Å². The van der Waals surface area contributed by atoms with E-state index in [2.05, 4.69) is 5.32 Å². The summed E-state index contributed by atoms with van der Waals surface area (Å²) in [5.74, 6) is -0.255. The van der Waals surface area contributed by atoms with E-state index in [1.165, 1.54) is 30.3 Å². The van der Waals surface area contributed by atoms with Gasteiger partial charge in [0.2, 0.25) is 0 Å². The molecule has 0 heterocycles. The minimum absolute atomic E-state index is 0.0229. The Hall–Kier alpha value is -1.98. The molecule has 0 unspecified atom stereocenters. The molecule has 4 nitrogen and oxygen atoms in total. The van der Waals surface area contributed by atoms with Gasteiger partial charge in [-0.15, -0.1) is 0 Å². The smallest absolute Gasteiger partial charge is 0.269 e. The maximum absolute atomic E-state index is 12.8. The molecule has 21 heavy (non-hydrogen) atoms. The number of hydrogen-bond acceptors (Lipinski definition) is 3. The van der Waals surface area contributed by atoms with Gasteiger partial charge in [-0.25, -0.2) is 4.39 Å². The topological polar surface area (TPSA) is 55.2 Å². The van der Waals surface area contributed by atoms with Crippen molar-refractivity contribution in [2.45, 2.75) is 13.0 Å². The van der Waals surface area contributed by atoms with E-state index in [9.17, 15) is 14.5 Å². The normalized spacial score (nSPS) is 10.6. The summed E-state index contributed by atoms with van der Waals surface area (Å²) in [6, 6.07) is 10.7. The summed E-state index contributed by atoms with van der Waals surface area (Å²) >= 11 is 6.01. The van der Waals surface area contributed by atoms with Gasteiger partial charge >= 0.3 is 0 Å². The van der Waals surface area contributed by atoms with Crippen LogP contribution < -0.4 is 5.32 Å². The molecule has 0 saturated carbocycles. The quantitative estimate of drug-likeness (QED) is 0.503. The molecule has 0 radical (unpaired) electrons. The van der Waals surface area contributed by atoms with Gasteiger partial charge in [0.05, 0.1) is 4.92 Å². The highest BCUT2D eigenvalue weighted by Gasteiger charge is 2.09. The highest BCUT2D eigenvalue weighted by atomic mass is 35.5. The Morgan fingerprint density at radius 1 is 1.19 bits per heavy atom. The lowest BCUT2D eigenvalue weighted by molar-refractivity contribution is -0.384. The second kappa shape index (κ2) is 7.15. The van der Waals surface area contributed by atoms with E-state index < -0.39 is 4.92 Å². The molecule has 2 rings (SSSR count). The van der Waals surface area contributed by atoms with E-state index in [4.69, 9.17) is 11.6 Å². The minimum atomic E-state index is -0.446. The van der Waals surface area contributed by atoms with E-state index in [-0.39, 0.29) is 11.5 Å². The zero-order valence-electron chi connectivity index (χ0n) is 11.2. The maximum atomic E-state index is 12.8. The van der Waals surface area contributed by atoms with Gasteiger partial charge in [-0.05, 0) is 42.3 Å². The summed E-state index contributed by atoms with van der Waals surface area (Å²) in [5.41, 5.74) is 1.73. The number of halogens is 2. The number of non-ortho nitro benzene ring substituents is 1. The number of rotatable bonds is 6. The third-order valence-corrected chi connectivity index (χ3v) is 3.43. The first-order valence-corrected chi connectivity index (χ1v) is 6.82. The number of benzene rings is 2. The highest BCUT2D eigenvalue weighted by molar-refractivity contribution is 6.31. The number of nitrogens with zero attached hydrogens (tertiary/aromatic N) is 1. The second-order valence-electron chi connectivity index (χ2n) is 4.59. The van der Waals surface area contributed by atoms with Crippen molar-refractivity contribution in [2.24, 2.45) is 0 Å². The van der Waals surface area contributed by atoms with Crippen LogP contribution >= 0.6 is 11.6 Å². The number of hydrogen-bond donors (Lipinski definition) is 1. The SMILES string of the molecule is O=[N+]([O-])c1ccc(Cl)c(CNCCc2ccc(F)cc2)c1. The van der Waals surface area contributed by atoms with Crippen molar-refractivity contribution < 1.29 is 9.31 Å². The molecule has 2 aromatic carbocycles. The summed E-state index contributed by atoms with van der Waals surface area (Å²) in [6.07, 6.45) is 0.743. The third kappa shape index (κ3) is 4.51. The lowest BCUT2D eigenvalue weighted by atomic mass is 10.1. The molecule has 1 N–H and O–H groups in total. The number of nitro benzene ring substituents is 1. The molecule has 0 aliphatic heterocycles. The van der Waals surface area contributed by atoms with E-state index in [0.717, 1.165) is 12.0 Å². The van der Waals surface area contributed by atoms with Gasteiger partial charge in [0.1, 0.15) is 5.82 Å². The molecule has 0 spiro atoms. The van der Waals surface area contributed by atoms with Crippen molar-refractivity contribution in [1.82, 2.24) is 5.32 Å². The fourth-order valence-corrected chi connectivity index (χ4v) is 2.10. The molecule has 0 bridgehead atoms. The number of nitro groups is 1. The van der Waals surface area contributed by atoms with Crippen molar-refractivity contribution in [2.75, 3.05) is 6.54 Å². The second-order valence-corrected chi connectivity index (χ2v) is 4.99. The summed E-state index contributed by atoms with van der Waals surface area (Å²) in [6.45, 7) is 1.12. The Balaban J connectivity index is 1.87. The van der Waals surface area contributed by atoms with Crippen LogP contribution in [0.3, 0.4) is 0 Å².